The fourth-order valence-electron chi connectivity index (χ4n) is 2.05. The first kappa shape index (κ1) is 20.6. The van der Waals surface area contributed by atoms with E-state index in [0.717, 1.165) is 24.0 Å². The van der Waals surface area contributed by atoms with Gasteiger partial charge in [0.15, 0.2) is 0 Å². The maximum Gasteiger partial charge on any atom is 0.329 e. The van der Waals surface area contributed by atoms with Crippen molar-refractivity contribution in [2.45, 2.75) is 32.4 Å². The van der Waals surface area contributed by atoms with Gasteiger partial charge in [0, 0.05) is 19.5 Å². The second-order valence-corrected chi connectivity index (χ2v) is 5.51. The number of carbonyl (C=O) groups excluding carboxylic acids is 2. The minimum Gasteiger partial charge on any atom is -0.480 e. The summed E-state index contributed by atoms with van der Waals surface area (Å²) in [6, 6.07) is 7.48. The molecule has 0 fully saturated rings. The zero-order valence-corrected chi connectivity index (χ0v) is 14.1. The minimum absolute atomic E-state index is 0.0114. The van der Waals surface area contributed by atoms with Crippen molar-refractivity contribution in [1.82, 2.24) is 10.6 Å². The van der Waals surface area contributed by atoms with Crippen LogP contribution in [0.5, 0.6) is 0 Å². The molecule has 0 aliphatic heterocycles. The Bertz CT molecular complexity index is 577. The molecule has 1 aromatic rings. The van der Waals surface area contributed by atoms with Crippen LogP contribution in [-0.2, 0) is 32.2 Å². The number of rotatable bonds is 12. The Morgan fingerprint density at radius 2 is 1.64 bits per heavy atom. The third kappa shape index (κ3) is 10.1. The lowest BCUT2D eigenvalue weighted by molar-refractivity contribution is -0.143. The van der Waals surface area contributed by atoms with E-state index in [2.05, 4.69) is 10.6 Å². The van der Waals surface area contributed by atoms with E-state index in [9.17, 15) is 14.4 Å². The van der Waals surface area contributed by atoms with Crippen LogP contribution in [0.25, 0.3) is 0 Å². The van der Waals surface area contributed by atoms with Crippen LogP contribution in [0, 0.1) is 0 Å². The average Bonchev–Trinajstić information content (AvgIpc) is 2.58. The summed E-state index contributed by atoms with van der Waals surface area (Å²) in [6.07, 6.45) is 2.07. The van der Waals surface area contributed by atoms with E-state index in [1.165, 1.54) is 0 Å². The third-order valence-electron chi connectivity index (χ3n) is 3.29. The highest BCUT2D eigenvalue weighted by molar-refractivity contribution is 5.77. The molecule has 0 heterocycles. The highest BCUT2D eigenvalue weighted by Crippen LogP contribution is 2.05. The highest BCUT2D eigenvalue weighted by atomic mass is 16.5. The predicted molar refractivity (Wildman–Crippen MR) is 91.5 cm³/mol. The van der Waals surface area contributed by atoms with E-state index in [1.54, 1.807) is 0 Å². The molecular weight excluding hydrogens is 326 g/mol. The van der Waals surface area contributed by atoms with Crippen molar-refractivity contribution in [3.8, 4) is 0 Å². The molecule has 5 N–H and O–H groups in total. The van der Waals surface area contributed by atoms with Gasteiger partial charge in [0.05, 0.1) is 0 Å². The molecule has 25 heavy (non-hydrogen) atoms. The van der Waals surface area contributed by atoms with Gasteiger partial charge in [-0.1, -0.05) is 24.3 Å². The van der Waals surface area contributed by atoms with Crippen LogP contribution in [0.15, 0.2) is 24.3 Å². The third-order valence-corrected chi connectivity index (χ3v) is 3.29. The number of hydrogen-bond donors (Lipinski definition) is 4. The molecule has 1 rings (SSSR count). The fourth-order valence-corrected chi connectivity index (χ4v) is 2.05. The van der Waals surface area contributed by atoms with Crippen molar-refractivity contribution >= 4 is 17.8 Å². The van der Waals surface area contributed by atoms with Crippen molar-refractivity contribution in [3.05, 3.63) is 35.4 Å². The summed E-state index contributed by atoms with van der Waals surface area (Å²) in [4.78, 5) is 33.5. The van der Waals surface area contributed by atoms with Gasteiger partial charge in [0.25, 0.3) is 0 Å². The van der Waals surface area contributed by atoms with Gasteiger partial charge in [0.1, 0.15) is 13.2 Å². The van der Waals surface area contributed by atoms with Gasteiger partial charge in [-0.25, -0.2) is 4.79 Å². The second kappa shape index (κ2) is 12.0. The van der Waals surface area contributed by atoms with Crippen molar-refractivity contribution in [2.24, 2.45) is 5.73 Å². The molecule has 1 aromatic carbocycles. The molecule has 8 heteroatoms. The van der Waals surface area contributed by atoms with Crippen molar-refractivity contribution in [3.63, 3.8) is 0 Å². The minimum atomic E-state index is -1.12. The lowest BCUT2D eigenvalue weighted by atomic mass is 10.1. The van der Waals surface area contributed by atoms with Gasteiger partial charge in [-0.15, -0.1) is 0 Å². The lowest BCUT2D eigenvalue weighted by Gasteiger charge is -2.09. The highest BCUT2D eigenvalue weighted by Gasteiger charge is 2.05. The zero-order chi connectivity index (χ0) is 18.5. The molecule has 0 atom stereocenters. The van der Waals surface area contributed by atoms with E-state index in [4.69, 9.17) is 15.6 Å². The smallest absolute Gasteiger partial charge is 0.329 e. The number of carboxylic acid groups (broad SMARTS) is 1. The maximum atomic E-state index is 11.7. The Kier molecular flexibility index (Phi) is 9.88. The quantitative estimate of drug-likeness (QED) is 0.397. The van der Waals surface area contributed by atoms with Crippen LogP contribution >= 0.6 is 0 Å². The van der Waals surface area contributed by atoms with E-state index in [1.807, 2.05) is 24.3 Å². The number of nitrogens with one attached hydrogen (secondary N) is 2. The molecule has 0 aliphatic carbocycles. The largest absolute Gasteiger partial charge is 0.480 e. The van der Waals surface area contributed by atoms with Crippen LogP contribution in [0.3, 0.4) is 0 Å². The predicted octanol–water partition coefficient (Wildman–Crippen LogP) is 0.149. The SMILES string of the molecule is NCCCCC(=O)NCc1cccc(CNC(=O)COCC(=O)O)c1. The van der Waals surface area contributed by atoms with E-state index >= 15 is 0 Å². The van der Waals surface area contributed by atoms with Crippen molar-refractivity contribution < 1.29 is 24.2 Å². The standard InChI is InChI=1S/C17H25N3O5/c18-7-2-1-6-15(21)19-9-13-4-3-5-14(8-13)10-20-16(22)11-25-12-17(23)24/h3-5,8H,1-2,6-7,9-12,18H2,(H,19,21)(H,20,22)(H,23,24). The molecule has 0 aromatic heterocycles. The molecule has 138 valence electrons. The first-order chi connectivity index (χ1) is 12.0. The number of amides is 2. The van der Waals surface area contributed by atoms with E-state index < -0.39 is 12.6 Å². The summed E-state index contributed by atoms with van der Waals surface area (Å²) in [5.74, 6) is -1.52. The Balaban J connectivity index is 2.33. The van der Waals surface area contributed by atoms with Gasteiger partial charge >= 0.3 is 5.97 Å². The van der Waals surface area contributed by atoms with Crippen LogP contribution in [0.1, 0.15) is 30.4 Å². The fraction of sp³-hybridized carbons (Fsp3) is 0.471. The average molecular weight is 351 g/mol. The number of carboxylic acids is 1. The molecule has 0 bridgehead atoms. The summed E-state index contributed by atoms with van der Waals surface area (Å²) in [5, 5.41) is 13.9. The summed E-state index contributed by atoms with van der Waals surface area (Å²) in [7, 11) is 0. The van der Waals surface area contributed by atoms with Gasteiger partial charge < -0.3 is 26.2 Å². The van der Waals surface area contributed by atoms with E-state index in [0.29, 0.717) is 26.1 Å². The molecule has 0 aliphatic rings. The molecule has 0 saturated carbocycles. The van der Waals surface area contributed by atoms with Crippen LogP contribution in [-0.4, -0.2) is 42.6 Å². The van der Waals surface area contributed by atoms with Gasteiger partial charge in [-0.2, -0.15) is 0 Å². The lowest BCUT2D eigenvalue weighted by Crippen LogP contribution is -2.28. The monoisotopic (exact) mass is 351 g/mol. The van der Waals surface area contributed by atoms with E-state index in [-0.39, 0.29) is 18.4 Å². The van der Waals surface area contributed by atoms with Crippen molar-refractivity contribution in [2.75, 3.05) is 19.8 Å². The number of hydrogen-bond acceptors (Lipinski definition) is 5. The number of unbranched alkanes of at least 4 members (excludes halogenated alkanes) is 1. The number of carbonyl (C=O) groups is 3. The van der Waals surface area contributed by atoms with Gasteiger partial charge in [-0.05, 0) is 30.5 Å². The molecule has 0 saturated heterocycles. The van der Waals surface area contributed by atoms with Crippen LogP contribution in [0.4, 0.5) is 0 Å². The summed E-state index contributed by atoms with van der Waals surface area (Å²) in [5.41, 5.74) is 7.20. The number of benzene rings is 1. The first-order valence-electron chi connectivity index (χ1n) is 8.12. The Morgan fingerprint density at radius 1 is 1.00 bits per heavy atom. The molecule has 0 radical (unpaired) electrons. The molecule has 0 unspecified atom stereocenters. The summed E-state index contributed by atoms with van der Waals surface area (Å²) < 4.78 is 4.71. The number of aliphatic carboxylic acids is 1. The Labute approximate surface area is 146 Å². The molecule has 8 nitrogen and oxygen atoms in total. The van der Waals surface area contributed by atoms with Crippen LogP contribution in [0.2, 0.25) is 0 Å². The Hall–Kier alpha value is -2.45. The normalized spacial score (nSPS) is 10.3. The van der Waals surface area contributed by atoms with Crippen molar-refractivity contribution in [1.29, 1.82) is 0 Å². The number of ether oxygens (including phenoxy) is 1. The van der Waals surface area contributed by atoms with Gasteiger partial charge in [-0.3, -0.25) is 9.59 Å². The van der Waals surface area contributed by atoms with Crippen LogP contribution < -0.4 is 16.4 Å². The summed E-state index contributed by atoms with van der Waals surface area (Å²) in [6.45, 7) is 0.500. The second-order valence-electron chi connectivity index (χ2n) is 5.51. The maximum absolute atomic E-state index is 11.7. The first-order valence-corrected chi connectivity index (χ1v) is 8.12. The molecule has 2 amide bonds. The zero-order valence-electron chi connectivity index (χ0n) is 14.1. The number of nitrogens with two attached hydrogens (primary N) is 1. The Morgan fingerprint density at radius 3 is 2.24 bits per heavy atom. The molecule has 0 spiro atoms. The summed E-state index contributed by atoms with van der Waals surface area (Å²) >= 11 is 0. The molecular formula is C17H25N3O5. The van der Waals surface area contributed by atoms with Gasteiger partial charge in [0.2, 0.25) is 11.8 Å². The topological polar surface area (TPSA) is 131 Å².